The van der Waals surface area contributed by atoms with Gasteiger partial charge in [0.05, 0.1) is 16.4 Å². The number of sulfonamides is 1. The lowest BCUT2D eigenvalue weighted by Crippen LogP contribution is -2.31. The number of rotatable bonds is 5. The van der Waals surface area contributed by atoms with Crippen molar-refractivity contribution in [2.75, 3.05) is 0 Å². The Morgan fingerprint density at radius 1 is 0.939 bits per heavy atom. The average Bonchev–Trinajstić information content (AvgIpc) is 3.26. The van der Waals surface area contributed by atoms with Gasteiger partial charge in [-0.15, -0.1) is 0 Å². The molecule has 164 valence electrons. The van der Waals surface area contributed by atoms with Crippen LogP contribution in [0.3, 0.4) is 0 Å². The Hall–Kier alpha value is -4.17. The molecule has 3 aromatic carbocycles. The number of nitro benzene ring substituents is 1. The summed E-state index contributed by atoms with van der Waals surface area (Å²) in [5.41, 5.74) is 4.13. The fourth-order valence-corrected chi connectivity index (χ4v) is 5.31. The molecule has 0 saturated heterocycles. The van der Waals surface area contributed by atoms with Gasteiger partial charge in [-0.05, 0) is 47.0 Å². The smallest absolute Gasteiger partial charge is 0.269 e. The van der Waals surface area contributed by atoms with Crippen LogP contribution in [0.25, 0.3) is 23.1 Å². The monoisotopic (exact) mass is 457 g/mol. The molecule has 2 heterocycles. The summed E-state index contributed by atoms with van der Waals surface area (Å²) >= 11 is 0. The third-order valence-electron chi connectivity index (χ3n) is 5.69. The van der Waals surface area contributed by atoms with Crippen LogP contribution in [-0.2, 0) is 10.0 Å². The second-order valence-corrected chi connectivity index (χ2v) is 9.39. The molecule has 0 bridgehead atoms. The van der Waals surface area contributed by atoms with Gasteiger partial charge in [0.1, 0.15) is 0 Å². The van der Waals surface area contributed by atoms with E-state index in [0.29, 0.717) is 5.56 Å². The largest absolute Gasteiger partial charge is 0.361 e. The van der Waals surface area contributed by atoms with E-state index in [-0.39, 0.29) is 5.69 Å². The molecule has 8 heteroatoms. The Balaban J connectivity index is 1.57. The molecule has 1 atom stereocenters. The maximum Gasteiger partial charge on any atom is 0.269 e. The van der Waals surface area contributed by atoms with Crippen LogP contribution in [0, 0.1) is 10.1 Å². The first-order valence-electron chi connectivity index (χ1n) is 10.2. The second-order valence-electron chi connectivity index (χ2n) is 7.66. The fourth-order valence-electron chi connectivity index (χ4n) is 4.09. The summed E-state index contributed by atoms with van der Waals surface area (Å²) in [6.07, 6.45) is 6.68. The molecule has 0 aliphatic carbocycles. The van der Waals surface area contributed by atoms with Gasteiger partial charge in [-0.2, -0.15) is 0 Å². The Kier molecular flexibility index (Phi) is 5.07. The van der Waals surface area contributed by atoms with Crippen LogP contribution in [0.2, 0.25) is 0 Å². The zero-order valence-corrected chi connectivity index (χ0v) is 18.1. The molecule has 0 fully saturated rings. The van der Waals surface area contributed by atoms with Crippen molar-refractivity contribution in [3.05, 3.63) is 123 Å². The van der Waals surface area contributed by atoms with Crippen LogP contribution in [0.1, 0.15) is 28.3 Å². The molecule has 0 saturated carbocycles. The molecule has 1 aliphatic rings. The average molecular weight is 458 g/mol. The number of aromatic amines is 1. The van der Waals surface area contributed by atoms with E-state index in [0.717, 1.165) is 33.0 Å². The summed E-state index contributed by atoms with van der Waals surface area (Å²) in [7, 11) is -3.88. The van der Waals surface area contributed by atoms with Crippen molar-refractivity contribution in [1.29, 1.82) is 0 Å². The van der Waals surface area contributed by atoms with Gasteiger partial charge in [-0.1, -0.05) is 42.5 Å². The molecular weight excluding hydrogens is 438 g/mol. The Morgan fingerprint density at radius 2 is 1.67 bits per heavy atom. The van der Waals surface area contributed by atoms with Crippen LogP contribution in [-0.4, -0.2) is 22.6 Å². The van der Waals surface area contributed by atoms with E-state index in [2.05, 4.69) is 4.98 Å². The highest BCUT2D eigenvalue weighted by molar-refractivity contribution is 7.92. The quantitative estimate of drug-likeness (QED) is 0.318. The number of nitrogens with one attached hydrogen (secondary N) is 1. The van der Waals surface area contributed by atoms with E-state index in [1.807, 2.05) is 54.7 Å². The molecule has 0 amide bonds. The topological polar surface area (TPSA) is 96.3 Å². The second kappa shape index (κ2) is 8.07. The van der Waals surface area contributed by atoms with Gasteiger partial charge >= 0.3 is 0 Å². The molecule has 1 N–H and O–H groups in total. The zero-order valence-electron chi connectivity index (χ0n) is 17.3. The maximum atomic E-state index is 13.5. The number of non-ortho nitro benzene ring substituents is 1. The first kappa shape index (κ1) is 20.7. The summed E-state index contributed by atoms with van der Waals surface area (Å²) in [6.45, 7) is 0. The van der Waals surface area contributed by atoms with Gasteiger partial charge in [-0.3, -0.25) is 14.4 Å². The minimum Gasteiger partial charge on any atom is -0.361 e. The van der Waals surface area contributed by atoms with Crippen LogP contribution < -0.4 is 0 Å². The van der Waals surface area contributed by atoms with E-state index in [1.165, 1.54) is 34.6 Å². The number of nitrogens with zero attached hydrogens (tertiary/aromatic N) is 2. The predicted octanol–water partition coefficient (Wildman–Crippen LogP) is 5.45. The summed E-state index contributed by atoms with van der Waals surface area (Å²) < 4.78 is 28.3. The van der Waals surface area contributed by atoms with Crippen LogP contribution in [0.5, 0.6) is 0 Å². The molecule has 1 aliphatic heterocycles. The third-order valence-corrected chi connectivity index (χ3v) is 7.09. The first-order chi connectivity index (χ1) is 15.9. The summed E-state index contributed by atoms with van der Waals surface area (Å²) in [5, 5.41) is 12.9. The highest BCUT2D eigenvalue weighted by atomic mass is 32.2. The lowest BCUT2D eigenvalue weighted by Gasteiger charge is -2.33. The van der Waals surface area contributed by atoms with Crippen molar-refractivity contribution in [3.8, 4) is 0 Å². The van der Waals surface area contributed by atoms with Gasteiger partial charge in [-0.25, -0.2) is 8.42 Å². The number of hydrogen-bond acceptors (Lipinski definition) is 4. The van der Waals surface area contributed by atoms with Gasteiger partial charge < -0.3 is 4.98 Å². The molecule has 4 aromatic rings. The minimum absolute atomic E-state index is 0.0509. The minimum atomic E-state index is -3.88. The number of para-hydroxylation sites is 1. The van der Waals surface area contributed by atoms with Crippen molar-refractivity contribution in [2.45, 2.75) is 6.04 Å². The first-order valence-corrected chi connectivity index (χ1v) is 11.7. The van der Waals surface area contributed by atoms with Crippen LogP contribution in [0.15, 0.2) is 90.6 Å². The molecule has 0 radical (unpaired) electrons. The van der Waals surface area contributed by atoms with Crippen molar-refractivity contribution in [1.82, 2.24) is 9.29 Å². The normalized spacial score (nSPS) is 15.8. The summed E-state index contributed by atoms with van der Waals surface area (Å²) in [4.78, 5) is 13.6. The molecule has 0 unspecified atom stereocenters. The number of aromatic nitrogens is 1. The van der Waals surface area contributed by atoms with E-state index >= 15 is 0 Å². The molecule has 7 nitrogen and oxygen atoms in total. The van der Waals surface area contributed by atoms with Crippen molar-refractivity contribution >= 4 is 38.8 Å². The summed E-state index contributed by atoms with van der Waals surface area (Å²) in [6, 6.07) is 20.7. The van der Waals surface area contributed by atoms with Crippen molar-refractivity contribution in [2.24, 2.45) is 0 Å². The standard InChI is InChI=1S/C25H19N3O4S/c29-28(30)20-11-9-18(10-12-20)14-16-33(31,32)27-15-13-19-5-1-2-6-21(19)25(27)23-17-26-24-8-4-3-7-22(23)24/h1-17,25-26H/b16-14+/t25-/m1/s1. The van der Waals surface area contributed by atoms with E-state index in [4.69, 9.17) is 0 Å². The maximum absolute atomic E-state index is 13.5. The van der Waals surface area contributed by atoms with Crippen LogP contribution in [0.4, 0.5) is 5.69 Å². The van der Waals surface area contributed by atoms with Crippen LogP contribution >= 0.6 is 0 Å². The highest BCUT2D eigenvalue weighted by Crippen LogP contribution is 2.40. The third kappa shape index (κ3) is 3.81. The summed E-state index contributed by atoms with van der Waals surface area (Å²) in [5.74, 6) is 0. The SMILES string of the molecule is O=[N+]([O-])c1ccc(/C=C/S(=O)(=O)N2C=Cc3ccccc3[C@@H]2c2c[nH]c3ccccc23)cc1. The Labute approximate surface area is 190 Å². The Bertz CT molecular complexity index is 1520. The number of hydrogen-bond donors (Lipinski definition) is 1. The van der Waals surface area contributed by atoms with E-state index in [1.54, 1.807) is 12.3 Å². The van der Waals surface area contributed by atoms with Gasteiger partial charge in [0.2, 0.25) is 0 Å². The lowest BCUT2D eigenvalue weighted by molar-refractivity contribution is -0.384. The lowest BCUT2D eigenvalue weighted by atomic mass is 9.92. The number of fused-ring (bicyclic) bond motifs is 2. The van der Waals surface area contributed by atoms with E-state index in [9.17, 15) is 18.5 Å². The number of nitro groups is 1. The fraction of sp³-hybridized carbons (Fsp3) is 0.0400. The zero-order chi connectivity index (χ0) is 23.0. The number of H-pyrrole nitrogens is 1. The van der Waals surface area contributed by atoms with Crippen molar-refractivity contribution in [3.63, 3.8) is 0 Å². The number of benzene rings is 3. The van der Waals surface area contributed by atoms with E-state index < -0.39 is 21.0 Å². The molecule has 1 aromatic heterocycles. The van der Waals surface area contributed by atoms with Gasteiger partial charge in [0, 0.05) is 41.0 Å². The van der Waals surface area contributed by atoms with Crippen molar-refractivity contribution < 1.29 is 13.3 Å². The predicted molar refractivity (Wildman–Crippen MR) is 129 cm³/mol. The Morgan fingerprint density at radius 3 is 2.45 bits per heavy atom. The highest BCUT2D eigenvalue weighted by Gasteiger charge is 2.33. The molecule has 33 heavy (non-hydrogen) atoms. The van der Waals surface area contributed by atoms with Gasteiger partial charge in [0.15, 0.2) is 0 Å². The van der Waals surface area contributed by atoms with Gasteiger partial charge in [0.25, 0.3) is 15.7 Å². The molecule has 5 rings (SSSR count). The molecule has 0 spiro atoms. The molecular formula is C25H19N3O4S.